The number of benzene rings is 1. The number of rotatable bonds is 2. The van der Waals surface area contributed by atoms with E-state index in [1.165, 1.54) is 0 Å². The molecule has 0 amide bonds. The average molecular weight is 426 g/mol. The van der Waals surface area contributed by atoms with Gasteiger partial charge in [0.2, 0.25) is 0 Å². The Morgan fingerprint density at radius 1 is 1.06 bits per heavy atom. The number of halogens is 3. The summed E-state index contributed by atoms with van der Waals surface area (Å²) in [6.07, 6.45) is 0. The fourth-order valence-corrected chi connectivity index (χ4v) is 3.72. The molecule has 1 heterocycles. The number of hydrogen-bond acceptors (Lipinski definition) is 2. The van der Waals surface area contributed by atoms with Gasteiger partial charge in [0.15, 0.2) is 0 Å². The fraction of sp³-hybridized carbons (Fsp3) is 0.0909. The van der Waals surface area contributed by atoms with E-state index in [2.05, 4.69) is 47.8 Å². The van der Waals surface area contributed by atoms with Gasteiger partial charge in [0.25, 0.3) is 0 Å². The normalized spacial score (nSPS) is 12.8. The van der Waals surface area contributed by atoms with Crippen LogP contribution in [0.25, 0.3) is 0 Å². The molecule has 0 saturated carbocycles. The van der Waals surface area contributed by atoms with Crippen molar-refractivity contribution in [1.29, 1.82) is 0 Å². The van der Waals surface area contributed by atoms with Crippen LogP contribution in [0.2, 0.25) is 0 Å². The van der Waals surface area contributed by atoms with E-state index < -0.39 is 0 Å². The number of thiophene rings is 1. The van der Waals surface area contributed by atoms with Crippen LogP contribution < -0.4 is 5.73 Å². The van der Waals surface area contributed by atoms with Gasteiger partial charge in [0, 0.05) is 13.8 Å². The molecule has 1 aromatic heterocycles. The van der Waals surface area contributed by atoms with Crippen LogP contribution >= 0.6 is 59.1 Å². The lowest BCUT2D eigenvalue weighted by molar-refractivity contribution is 0.886. The van der Waals surface area contributed by atoms with E-state index in [4.69, 9.17) is 5.73 Å². The van der Waals surface area contributed by atoms with Crippen molar-refractivity contribution in [3.05, 3.63) is 53.5 Å². The molecule has 0 aliphatic carbocycles. The molecule has 0 aliphatic rings. The molecule has 0 radical (unpaired) electrons. The molecule has 2 aromatic rings. The van der Waals surface area contributed by atoms with Crippen molar-refractivity contribution in [3.8, 4) is 0 Å². The van der Waals surface area contributed by atoms with E-state index in [1.807, 2.05) is 30.3 Å². The Balaban J connectivity index is 2.40. The second-order valence-corrected chi connectivity index (χ2v) is 7.55. The summed E-state index contributed by atoms with van der Waals surface area (Å²) >= 11 is 12.1. The minimum absolute atomic E-state index is 0.0943. The molecule has 1 aromatic carbocycles. The van der Waals surface area contributed by atoms with E-state index >= 15 is 0 Å². The Morgan fingerprint density at radius 2 is 1.81 bits per heavy atom. The zero-order valence-electron chi connectivity index (χ0n) is 8.08. The average Bonchev–Trinajstić information content (AvgIpc) is 2.67. The van der Waals surface area contributed by atoms with E-state index in [1.54, 1.807) is 11.3 Å². The summed E-state index contributed by atoms with van der Waals surface area (Å²) in [6, 6.07) is 10.0. The molecule has 2 N–H and O–H groups in total. The highest BCUT2D eigenvalue weighted by Gasteiger charge is 2.14. The van der Waals surface area contributed by atoms with Crippen molar-refractivity contribution in [2.75, 3.05) is 0 Å². The predicted molar refractivity (Wildman–Crippen MR) is 79.9 cm³/mol. The maximum atomic E-state index is 6.24. The second kappa shape index (κ2) is 5.31. The minimum Gasteiger partial charge on any atom is -0.320 e. The summed E-state index contributed by atoms with van der Waals surface area (Å²) in [5.74, 6) is 0. The first-order valence-electron chi connectivity index (χ1n) is 4.53. The quantitative estimate of drug-likeness (QED) is 0.713. The Hall–Kier alpha value is 0.320. The van der Waals surface area contributed by atoms with E-state index in [9.17, 15) is 0 Å². The second-order valence-electron chi connectivity index (χ2n) is 3.29. The lowest BCUT2D eigenvalue weighted by Crippen LogP contribution is -2.10. The molecule has 5 heteroatoms. The molecular formula is C11H8Br3NS. The molecule has 2 rings (SSSR count). The Kier molecular flexibility index (Phi) is 4.24. The molecule has 1 unspecified atom stereocenters. The van der Waals surface area contributed by atoms with Gasteiger partial charge < -0.3 is 5.73 Å². The van der Waals surface area contributed by atoms with Gasteiger partial charge in [-0.05, 0) is 51.8 Å². The van der Waals surface area contributed by atoms with Crippen LogP contribution in [0.15, 0.2) is 43.1 Å². The highest BCUT2D eigenvalue weighted by Crippen LogP contribution is 2.34. The minimum atomic E-state index is -0.0943. The van der Waals surface area contributed by atoms with Crippen LogP contribution in [0, 0.1) is 0 Å². The lowest BCUT2D eigenvalue weighted by atomic mass is 10.1. The summed E-state index contributed by atoms with van der Waals surface area (Å²) in [7, 11) is 0. The molecular weight excluding hydrogens is 418 g/mol. The third kappa shape index (κ3) is 2.76. The SMILES string of the molecule is NC(c1ccc(Br)s1)c1cc(Br)ccc1Br. The molecule has 0 saturated heterocycles. The van der Waals surface area contributed by atoms with Gasteiger partial charge in [0.05, 0.1) is 9.83 Å². The van der Waals surface area contributed by atoms with Crippen molar-refractivity contribution in [2.45, 2.75) is 6.04 Å². The van der Waals surface area contributed by atoms with Gasteiger partial charge >= 0.3 is 0 Å². The maximum Gasteiger partial charge on any atom is 0.0702 e. The number of hydrogen-bond donors (Lipinski definition) is 1. The first-order valence-corrected chi connectivity index (χ1v) is 7.73. The first kappa shape index (κ1) is 12.8. The van der Waals surface area contributed by atoms with Crippen molar-refractivity contribution in [1.82, 2.24) is 0 Å². The molecule has 0 spiro atoms. The zero-order chi connectivity index (χ0) is 11.7. The van der Waals surface area contributed by atoms with E-state index in [-0.39, 0.29) is 6.04 Å². The predicted octanol–water partition coefficient (Wildman–Crippen LogP) is 5.08. The van der Waals surface area contributed by atoms with Crippen LogP contribution in [0.3, 0.4) is 0 Å². The largest absolute Gasteiger partial charge is 0.320 e. The summed E-state index contributed by atoms with van der Waals surface area (Å²) in [4.78, 5) is 1.14. The van der Waals surface area contributed by atoms with Crippen LogP contribution in [-0.4, -0.2) is 0 Å². The molecule has 1 nitrogen and oxygen atoms in total. The zero-order valence-corrected chi connectivity index (χ0v) is 13.7. The Bertz CT molecular complexity index is 510. The summed E-state index contributed by atoms with van der Waals surface area (Å²) < 4.78 is 3.17. The van der Waals surface area contributed by atoms with Crippen molar-refractivity contribution < 1.29 is 0 Å². The van der Waals surface area contributed by atoms with Gasteiger partial charge in [0.1, 0.15) is 0 Å². The van der Waals surface area contributed by atoms with E-state index in [0.717, 1.165) is 23.2 Å². The lowest BCUT2D eigenvalue weighted by Gasteiger charge is -2.12. The van der Waals surface area contributed by atoms with Crippen molar-refractivity contribution in [3.63, 3.8) is 0 Å². The molecule has 0 bridgehead atoms. The molecule has 1 atom stereocenters. The summed E-state index contributed by atoms with van der Waals surface area (Å²) in [5.41, 5.74) is 7.32. The van der Waals surface area contributed by atoms with Crippen molar-refractivity contribution in [2.24, 2.45) is 5.73 Å². The highest BCUT2D eigenvalue weighted by molar-refractivity contribution is 9.11. The monoisotopic (exact) mass is 423 g/mol. The third-order valence-electron chi connectivity index (χ3n) is 2.19. The summed E-state index contributed by atoms with van der Waals surface area (Å²) in [6.45, 7) is 0. The topological polar surface area (TPSA) is 26.0 Å². The maximum absolute atomic E-state index is 6.24. The van der Waals surface area contributed by atoms with Gasteiger partial charge in [-0.2, -0.15) is 0 Å². The molecule has 0 aliphatic heterocycles. The summed E-state index contributed by atoms with van der Waals surface area (Å²) in [5, 5.41) is 0. The first-order chi connectivity index (χ1) is 7.58. The van der Waals surface area contributed by atoms with Crippen LogP contribution in [0.5, 0.6) is 0 Å². The third-order valence-corrected chi connectivity index (χ3v) is 5.12. The Morgan fingerprint density at radius 3 is 2.44 bits per heavy atom. The van der Waals surface area contributed by atoms with Crippen LogP contribution in [-0.2, 0) is 0 Å². The highest BCUT2D eigenvalue weighted by atomic mass is 79.9. The van der Waals surface area contributed by atoms with Gasteiger partial charge in [-0.25, -0.2) is 0 Å². The molecule has 0 fully saturated rings. The number of nitrogens with two attached hydrogens (primary N) is 1. The van der Waals surface area contributed by atoms with Gasteiger partial charge in [-0.1, -0.05) is 31.9 Å². The Labute approximate surface area is 123 Å². The van der Waals surface area contributed by atoms with Crippen LogP contribution in [0.1, 0.15) is 16.5 Å². The van der Waals surface area contributed by atoms with Crippen molar-refractivity contribution >= 4 is 59.1 Å². The molecule has 84 valence electrons. The molecule has 16 heavy (non-hydrogen) atoms. The standard InChI is InChI=1S/C11H8Br3NS/c12-6-1-2-8(13)7(5-6)11(15)9-3-4-10(14)16-9/h1-5,11H,15H2. The fourth-order valence-electron chi connectivity index (χ4n) is 1.40. The van der Waals surface area contributed by atoms with Crippen LogP contribution in [0.4, 0.5) is 0 Å². The van der Waals surface area contributed by atoms with E-state index in [0.29, 0.717) is 0 Å². The van der Waals surface area contributed by atoms with Gasteiger partial charge in [-0.3, -0.25) is 0 Å². The smallest absolute Gasteiger partial charge is 0.0702 e. The van der Waals surface area contributed by atoms with Gasteiger partial charge in [-0.15, -0.1) is 11.3 Å².